The van der Waals surface area contributed by atoms with Crippen molar-refractivity contribution in [2.45, 2.75) is 26.2 Å². The van der Waals surface area contributed by atoms with Crippen molar-refractivity contribution in [1.29, 1.82) is 0 Å². The number of benzene rings is 2. The lowest BCUT2D eigenvalue weighted by molar-refractivity contribution is -0.384. The van der Waals surface area contributed by atoms with Gasteiger partial charge in [0.2, 0.25) is 0 Å². The lowest BCUT2D eigenvalue weighted by Crippen LogP contribution is -2.27. The van der Waals surface area contributed by atoms with Crippen molar-refractivity contribution in [3.8, 4) is 0 Å². The van der Waals surface area contributed by atoms with Gasteiger partial charge in [0, 0.05) is 23.4 Å². The van der Waals surface area contributed by atoms with Gasteiger partial charge in [0.25, 0.3) is 11.6 Å². The van der Waals surface area contributed by atoms with E-state index in [9.17, 15) is 14.9 Å². The molecule has 2 aromatic rings. The van der Waals surface area contributed by atoms with Crippen LogP contribution in [0.15, 0.2) is 60.9 Å². The predicted molar refractivity (Wildman–Crippen MR) is 98.5 cm³/mol. The zero-order chi connectivity index (χ0) is 18.6. The van der Waals surface area contributed by atoms with Crippen LogP contribution in [0, 0.1) is 10.1 Å². The van der Waals surface area contributed by atoms with Crippen LogP contribution < -0.4 is 10.6 Å². The van der Waals surface area contributed by atoms with Crippen LogP contribution in [0.4, 0.5) is 11.4 Å². The number of nitrogens with zero attached hydrogens (tertiary/aromatic N) is 1. The van der Waals surface area contributed by atoms with Crippen LogP contribution in [-0.4, -0.2) is 10.8 Å². The van der Waals surface area contributed by atoms with Gasteiger partial charge in [-0.25, -0.2) is 0 Å². The van der Waals surface area contributed by atoms with Gasteiger partial charge in [0.05, 0.1) is 4.92 Å². The van der Waals surface area contributed by atoms with Gasteiger partial charge in [-0.2, -0.15) is 0 Å². The number of hydrogen-bond donors (Lipinski definition) is 2. The fourth-order valence-electron chi connectivity index (χ4n) is 2.41. The number of amides is 1. The van der Waals surface area contributed by atoms with Crippen LogP contribution in [0.3, 0.4) is 0 Å². The molecule has 0 aromatic heterocycles. The Morgan fingerprint density at radius 3 is 2.44 bits per heavy atom. The minimum Gasteiger partial charge on any atom is -0.342 e. The molecule has 0 fully saturated rings. The molecule has 6 heteroatoms. The summed E-state index contributed by atoms with van der Waals surface area (Å²) in [5.74, 6) is -0.164. The van der Waals surface area contributed by atoms with E-state index in [4.69, 9.17) is 0 Å². The molecule has 2 aromatic carbocycles. The van der Waals surface area contributed by atoms with E-state index in [1.165, 1.54) is 24.3 Å². The van der Waals surface area contributed by atoms with Crippen molar-refractivity contribution in [2.75, 3.05) is 5.32 Å². The Hall–Kier alpha value is -3.15. The number of nitro benzene ring substituents is 1. The van der Waals surface area contributed by atoms with Crippen LogP contribution in [0.25, 0.3) is 0 Å². The number of rotatable bonds is 5. The van der Waals surface area contributed by atoms with Gasteiger partial charge in [-0.3, -0.25) is 14.9 Å². The monoisotopic (exact) mass is 339 g/mol. The smallest absolute Gasteiger partial charge is 0.270 e. The topological polar surface area (TPSA) is 84.3 Å². The summed E-state index contributed by atoms with van der Waals surface area (Å²) >= 11 is 0. The average Bonchev–Trinajstić information content (AvgIpc) is 2.54. The molecule has 2 N–H and O–H groups in total. The summed E-state index contributed by atoms with van der Waals surface area (Å²) in [7, 11) is 0. The number of nitrogens with one attached hydrogen (secondary N) is 2. The van der Waals surface area contributed by atoms with E-state index in [0.717, 1.165) is 11.3 Å². The summed E-state index contributed by atoms with van der Waals surface area (Å²) in [6, 6.07) is 13.3. The highest BCUT2D eigenvalue weighted by Gasteiger charge is 2.18. The van der Waals surface area contributed by atoms with Crippen LogP contribution in [0.1, 0.15) is 36.7 Å². The largest absolute Gasteiger partial charge is 0.342 e. The molecular weight excluding hydrogens is 318 g/mol. The van der Waals surface area contributed by atoms with E-state index in [1.807, 2.05) is 24.3 Å². The Morgan fingerprint density at radius 1 is 1.12 bits per heavy atom. The molecule has 0 unspecified atom stereocenters. The molecule has 0 aliphatic rings. The summed E-state index contributed by atoms with van der Waals surface area (Å²) in [5.41, 5.74) is 1.92. The molecule has 25 heavy (non-hydrogen) atoms. The van der Waals surface area contributed by atoms with Gasteiger partial charge >= 0.3 is 0 Å². The molecular formula is C19H21N3O3. The van der Waals surface area contributed by atoms with Crippen molar-refractivity contribution in [3.63, 3.8) is 0 Å². The Balaban J connectivity index is 2.12. The summed E-state index contributed by atoms with van der Waals surface area (Å²) in [6.45, 7) is 10.1. The average molecular weight is 339 g/mol. The molecule has 0 radical (unpaired) electrons. The molecule has 6 nitrogen and oxygen atoms in total. The molecule has 0 bridgehead atoms. The van der Waals surface area contributed by atoms with Crippen molar-refractivity contribution in [1.82, 2.24) is 5.32 Å². The molecule has 130 valence electrons. The molecule has 0 atom stereocenters. The first-order valence-corrected chi connectivity index (χ1v) is 7.80. The molecule has 1 amide bonds. The lowest BCUT2D eigenvalue weighted by Gasteiger charge is -2.24. The lowest BCUT2D eigenvalue weighted by atomic mass is 9.86. The second-order valence-electron chi connectivity index (χ2n) is 6.66. The fraction of sp³-hybridized carbons (Fsp3) is 0.211. The van der Waals surface area contributed by atoms with Crippen molar-refractivity contribution >= 4 is 17.3 Å². The minimum absolute atomic E-state index is 0.0755. The summed E-state index contributed by atoms with van der Waals surface area (Å²) in [4.78, 5) is 22.5. The van der Waals surface area contributed by atoms with E-state index in [1.54, 1.807) is 0 Å². The third kappa shape index (κ3) is 4.67. The van der Waals surface area contributed by atoms with Crippen LogP contribution in [0.2, 0.25) is 0 Å². The Bertz CT molecular complexity index is 823. The second-order valence-corrected chi connectivity index (χ2v) is 6.66. The zero-order valence-electron chi connectivity index (χ0n) is 14.5. The second kappa shape index (κ2) is 7.17. The molecule has 0 aliphatic carbocycles. The maximum Gasteiger partial charge on any atom is 0.270 e. The van der Waals surface area contributed by atoms with Gasteiger partial charge in [-0.1, -0.05) is 51.6 Å². The molecule has 2 rings (SSSR count). The zero-order valence-corrected chi connectivity index (χ0v) is 14.5. The van der Waals surface area contributed by atoms with Gasteiger partial charge in [-0.15, -0.1) is 0 Å². The number of nitro groups is 1. The van der Waals surface area contributed by atoms with E-state index < -0.39 is 10.8 Å². The first kappa shape index (κ1) is 18.2. The van der Waals surface area contributed by atoms with Gasteiger partial charge in [0.15, 0.2) is 0 Å². The molecule has 0 spiro atoms. The highest BCUT2D eigenvalue weighted by Crippen LogP contribution is 2.29. The van der Waals surface area contributed by atoms with Crippen molar-refractivity contribution < 1.29 is 9.72 Å². The standard InChI is InChI=1S/C19H21N3O3/c1-13(20-17-11-6-5-10-16(17)19(2,3)4)21-18(23)14-8-7-9-15(12-14)22(24)25/h5-12,20H,1H2,2-4H3,(H,21,23). The SMILES string of the molecule is C=C(NC(=O)c1cccc([N+](=O)[O-])c1)Nc1ccccc1C(C)(C)C. The quantitative estimate of drug-likeness (QED) is 0.631. The number of non-ortho nitro benzene ring substituents is 1. The van der Waals surface area contributed by atoms with E-state index >= 15 is 0 Å². The number of carbonyl (C=O) groups excluding carboxylic acids is 1. The first-order chi connectivity index (χ1) is 11.7. The van der Waals surface area contributed by atoms with Gasteiger partial charge in [0.1, 0.15) is 5.82 Å². The molecule has 0 saturated heterocycles. The Kier molecular flexibility index (Phi) is 5.22. The third-order valence-corrected chi connectivity index (χ3v) is 3.60. The number of hydrogen-bond acceptors (Lipinski definition) is 4. The van der Waals surface area contributed by atoms with Crippen molar-refractivity contribution in [2.24, 2.45) is 0 Å². The molecule has 0 heterocycles. The number of para-hydroxylation sites is 1. The highest BCUT2D eigenvalue weighted by molar-refractivity contribution is 5.96. The van der Waals surface area contributed by atoms with Crippen molar-refractivity contribution in [3.05, 3.63) is 82.2 Å². The first-order valence-electron chi connectivity index (χ1n) is 7.80. The highest BCUT2D eigenvalue weighted by atomic mass is 16.6. The summed E-state index contributed by atoms with van der Waals surface area (Å²) in [5, 5.41) is 16.5. The maximum absolute atomic E-state index is 12.3. The third-order valence-electron chi connectivity index (χ3n) is 3.60. The normalized spacial score (nSPS) is 10.8. The summed E-state index contributed by atoms with van der Waals surface area (Å²) in [6.07, 6.45) is 0. The fourth-order valence-corrected chi connectivity index (χ4v) is 2.41. The Labute approximate surface area is 146 Å². The van der Waals surface area contributed by atoms with Crippen LogP contribution in [0.5, 0.6) is 0 Å². The molecule has 0 saturated carbocycles. The Morgan fingerprint density at radius 2 is 1.80 bits per heavy atom. The number of anilines is 1. The predicted octanol–water partition coefficient (Wildman–Crippen LogP) is 4.21. The maximum atomic E-state index is 12.3. The molecule has 0 aliphatic heterocycles. The van der Waals surface area contributed by atoms with Gasteiger partial charge in [-0.05, 0) is 23.1 Å². The van der Waals surface area contributed by atoms with Crippen LogP contribution in [-0.2, 0) is 5.41 Å². The van der Waals surface area contributed by atoms with E-state index in [2.05, 4.69) is 38.0 Å². The van der Waals surface area contributed by atoms with E-state index in [0.29, 0.717) is 5.82 Å². The summed E-state index contributed by atoms with van der Waals surface area (Å²) < 4.78 is 0. The minimum atomic E-state index is -0.538. The number of carbonyl (C=O) groups is 1. The van der Waals surface area contributed by atoms with Gasteiger partial charge < -0.3 is 10.6 Å². The van der Waals surface area contributed by atoms with E-state index in [-0.39, 0.29) is 16.7 Å². The van der Waals surface area contributed by atoms with Crippen LogP contribution >= 0.6 is 0 Å².